The van der Waals surface area contributed by atoms with Crippen molar-refractivity contribution >= 4 is 27.1 Å². The molecule has 4 rings (SSSR count). The van der Waals surface area contributed by atoms with Gasteiger partial charge in [-0.25, -0.2) is 18.4 Å². The van der Waals surface area contributed by atoms with Crippen LogP contribution in [0.2, 0.25) is 0 Å². The van der Waals surface area contributed by atoms with Gasteiger partial charge in [0.2, 0.25) is 27.5 Å². The molecule has 0 aliphatic carbocycles. The molecule has 1 aromatic carbocycles. The van der Waals surface area contributed by atoms with E-state index in [-0.39, 0.29) is 17.1 Å². The van der Waals surface area contributed by atoms with E-state index in [1.807, 2.05) is 5.32 Å². The normalized spacial score (nSPS) is 12.9. The van der Waals surface area contributed by atoms with Crippen molar-refractivity contribution in [2.75, 3.05) is 11.0 Å². The molecule has 0 spiro atoms. The smallest absolute Gasteiger partial charge is 0.328 e. The van der Waals surface area contributed by atoms with Gasteiger partial charge in [0.25, 0.3) is 11.7 Å². The molecule has 1 atom stereocenters. The molecule has 8 nitrogen and oxygen atoms in total. The van der Waals surface area contributed by atoms with Gasteiger partial charge in [0, 0.05) is 12.1 Å². The maximum Gasteiger partial charge on any atom is 0.418 e. The number of para-hydroxylation sites is 1. The number of H-pyrrole nitrogens is 2. The number of aromatic amines is 2. The number of benzene rings is 1. The highest BCUT2D eigenvalue weighted by Gasteiger charge is 2.46. The monoisotopic (exact) mass is 491 g/mol. The van der Waals surface area contributed by atoms with Crippen LogP contribution in [0.4, 0.5) is 18.9 Å². The number of aromatic nitrogens is 3. The van der Waals surface area contributed by atoms with Gasteiger partial charge >= 0.3 is 6.18 Å². The van der Waals surface area contributed by atoms with E-state index >= 15 is 0 Å². The van der Waals surface area contributed by atoms with Gasteiger partial charge in [0.1, 0.15) is 0 Å². The molecule has 0 bridgehead atoms. The third-order valence-electron chi connectivity index (χ3n) is 4.95. The minimum absolute atomic E-state index is 0.116. The summed E-state index contributed by atoms with van der Waals surface area (Å²) < 4.78 is 68.9. The van der Waals surface area contributed by atoms with Crippen molar-refractivity contribution in [3.8, 4) is 11.4 Å². The summed E-state index contributed by atoms with van der Waals surface area (Å²) in [4.78, 5) is 18.5. The summed E-state index contributed by atoms with van der Waals surface area (Å²) in [6, 6.07) is 13.3. The lowest BCUT2D eigenvalue weighted by Gasteiger charge is -2.17. The number of nitrogens with one attached hydrogen (secondary N) is 4. The van der Waals surface area contributed by atoms with Gasteiger partial charge < -0.3 is 5.32 Å². The van der Waals surface area contributed by atoms with E-state index in [4.69, 9.17) is 0 Å². The van der Waals surface area contributed by atoms with Gasteiger partial charge in [-0.1, -0.05) is 24.3 Å². The Morgan fingerprint density at radius 3 is 2.44 bits per heavy atom. The Morgan fingerprint density at radius 2 is 1.76 bits per heavy atom. The number of nitrogens with zero attached hydrogens (tertiary/aromatic N) is 1. The number of carbonyl (C=O) groups excluding carboxylic acids is 1. The van der Waals surface area contributed by atoms with Crippen LogP contribution in [0.3, 0.4) is 0 Å². The third-order valence-corrected chi connectivity index (χ3v) is 5.54. The maximum atomic E-state index is 13.8. The molecule has 0 aliphatic rings. The van der Waals surface area contributed by atoms with Crippen LogP contribution < -0.4 is 19.4 Å². The quantitative estimate of drug-likeness (QED) is 0.361. The molecule has 0 saturated heterocycles. The van der Waals surface area contributed by atoms with Gasteiger partial charge in [-0.05, 0) is 24.3 Å². The number of rotatable bonds is 6. The zero-order valence-electron chi connectivity index (χ0n) is 17.7. The molecular weight excluding hydrogens is 471 g/mol. The van der Waals surface area contributed by atoms with Crippen LogP contribution in [0.15, 0.2) is 73.1 Å². The van der Waals surface area contributed by atoms with Crippen LogP contribution >= 0.6 is 0 Å². The average Bonchev–Trinajstić information content (AvgIpc) is 3.16. The minimum atomic E-state index is -4.75. The lowest BCUT2D eigenvalue weighted by Crippen LogP contribution is -2.41. The Hall–Kier alpha value is -3.93. The van der Waals surface area contributed by atoms with Crippen LogP contribution in [0.25, 0.3) is 16.9 Å². The van der Waals surface area contributed by atoms with Crippen molar-refractivity contribution in [3.63, 3.8) is 0 Å². The minimum Gasteiger partial charge on any atom is -0.328 e. The molecule has 12 heteroatoms. The Morgan fingerprint density at radius 1 is 1.06 bits per heavy atom. The molecule has 1 amide bonds. The van der Waals surface area contributed by atoms with Gasteiger partial charge in [-0.15, -0.1) is 0 Å². The third kappa shape index (κ3) is 4.86. The summed E-state index contributed by atoms with van der Waals surface area (Å²) in [5.41, 5.74) is 0.604. The number of halogens is 3. The summed E-state index contributed by atoms with van der Waals surface area (Å²) in [6.45, 7) is 0. The Labute approximate surface area is 192 Å². The Balaban J connectivity index is 1.80. The zero-order chi connectivity index (χ0) is 24.5. The molecule has 0 aliphatic heterocycles. The number of alkyl halides is 3. The van der Waals surface area contributed by atoms with E-state index in [1.54, 1.807) is 47.0 Å². The molecule has 1 unspecified atom stereocenters. The first kappa shape index (κ1) is 23.2. The van der Waals surface area contributed by atoms with E-state index in [0.717, 1.165) is 6.26 Å². The van der Waals surface area contributed by atoms with Gasteiger partial charge in [0.15, 0.2) is 11.7 Å². The summed E-state index contributed by atoms with van der Waals surface area (Å²) in [6.07, 6.45) is -0.802. The van der Waals surface area contributed by atoms with Crippen LogP contribution in [0.5, 0.6) is 0 Å². The molecule has 34 heavy (non-hydrogen) atoms. The highest BCUT2D eigenvalue weighted by molar-refractivity contribution is 7.92. The van der Waals surface area contributed by atoms with Crippen LogP contribution in [-0.2, 0) is 10.0 Å². The first-order chi connectivity index (χ1) is 16.0. The summed E-state index contributed by atoms with van der Waals surface area (Å²) in [5.74, 6) is -0.676. The lowest BCUT2D eigenvalue weighted by molar-refractivity contribution is -0.498. The number of pyridine rings is 2. The van der Waals surface area contributed by atoms with Crippen LogP contribution in [0.1, 0.15) is 22.2 Å². The number of hydrogen-bond donors (Lipinski definition) is 3. The Kier molecular flexibility index (Phi) is 6.00. The summed E-state index contributed by atoms with van der Waals surface area (Å²) >= 11 is 0. The number of imidazole rings is 1. The molecular formula is C22H20F3N5O3S+2. The second-order valence-corrected chi connectivity index (χ2v) is 9.24. The fourth-order valence-corrected chi connectivity index (χ4v) is 4.14. The van der Waals surface area contributed by atoms with Gasteiger partial charge in [0.05, 0.1) is 23.7 Å². The van der Waals surface area contributed by atoms with Crippen molar-refractivity contribution < 1.29 is 35.8 Å². The molecule has 3 aromatic heterocycles. The zero-order valence-corrected chi connectivity index (χ0v) is 18.5. The van der Waals surface area contributed by atoms with Crippen LogP contribution in [-0.4, -0.2) is 31.7 Å². The van der Waals surface area contributed by atoms with Crippen molar-refractivity contribution in [1.29, 1.82) is 0 Å². The average molecular weight is 491 g/mol. The lowest BCUT2D eigenvalue weighted by atomic mass is 10.1. The van der Waals surface area contributed by atoms with E-state index in [1.165, 1.54) is 30.5 Å². The first-order valence-corrected chi connectivity index (χ1v) is 11.9. The second kappa shape index (κ2) is 8.78. The Bertz CT molecular complexity index is 1450. The highest BCUT2D eigenvalue weighted by Crippen LogP contribution is 2.31. The predicted octanol–water partition coefficient (Wildman–Crippen LogP) is 2.64. The highest BCUT2D eigenvalue weighted by atomic mass is 32.2. The first-order valence-electron chi connectivity index (χ1n) is 9.98. The van der Waals surface area contributed by atoms with Crippen molar-refractivity contribution in [2.45, 2.75) is 12.2 Å². The van der Waals surface area contributed by atoms with E-state index in [0.29, 0.717) is 16.9 Å². The number of sulfonamides is 1. The number of carbonyl (C=O) groups is 1. The van der Waals surface area contributed by atoms with Gasteiger partial charge in [-0.2, -0.15) is 17.6 Å². The number of hydrogen-bond acceptors (Lipinski definition) is 3. The predicted molar refractivity (Wildman–Crippen MR) is 117 cm³/mol. The molecule has 4 N–H and O–H groups in total. The fraction of sp³-hybridized carbons (Fsp3) is 0.136. The van der Waals surface area contributed by atoms with Crippen molar-refractivity contribution in [3.05, 3.63) is 84.4 Å². The largest absolute Gasteiger partial charge is 0.418 e. The molecule has 0 saturated carbocycles. The second-order valence-electron chi connectivity index (χ2n) is 7.49. The molecule has 0 radical (unpaired) electrons. The van der Waals surface area contributed by atoms with Gasteiger partial charge in [-0.3, -0.25) is 9.52 Å². The van der Waals surface area contributed by atoms with E-state index in [2.05, 4.69) is 14.7 Å². The fourth-order valence-electron chi connectivity index (χ4n) is 3.56. The number of fused-ring (bicyclic) bond motifs is 1. The van der Waals surface area contributed by atoms with Crippen molar-refractivity contribution in [1.82, 2.24) is 10.3 Å². The van der Waals surface area contributed by atoms with E-state index in [9.17, 15) is 26.4 Å². The summed E-state index contributed by atoms with van der Waals surface area (Å²) in [7, 11) is -3.61. The van der Waals surface area contributed by atoms with Crippen molar-refractivity contribution in [2.24, 2.45) is 0 Å². The molecule has 3 heterocycles. The number of amides is 1. The summed E-state index contributed by atoms with van der Waals surface area (Å²) in [5, 5.41) is 2.05. The topological polar surface area (TPSA) is 109 Å². The maximum absolute atomic E-state index is 13.8. The molecule has 4 aromatic rings. The number of anilines is 1. The molecule has 176 valence electrons. The molecule has 0 fully saturated rings. The van der Waals surface area contributed by atoms with E-state index < -0.39 is 28.1 Å². The standard InChI is InChI=1S/C22H18F3N5O3S/c1-34(32,33)29-15-9-3-2-8-14(15)20-27-18(17-11-5-7-13-30(17)20)21(31)28-19(22(23,24)25)16-10-4-6-12-26-16/h2-13,19H,1H3,(H2,27,28,29,31)/p+2. The van der Waals surface area contributed by atoms with Crippen LogP contribution in [0, 0.1) is 0 Å². The SMILES string of the molecule is CS(=O)(=O)Nc1ccccc1-c1[nH]c(C(=O)NC(c2cccc[nH+]2)C(F)(F)F)c2cccc[n+]12.